The van der Waals surface area contributed by atoms with E-state index in [0.717, 1.165) is 11.5 Å². The molecule has 24 heavy (non-hydrogen) atoms. The van der Waals surface area contributed by atoms with Gasteiger partial charge in [-0.1, -0.05) is 49.0 Å². The van der Waals surface area contributed by atoms with Crippen molar-refractivity contribution in [1.29, 1.82) is 0 Å². The van der Waals surface area contributed by atoms with Crippen molar-refractivity contribution in [3.8, 4) is 11.5 Å². The third-order valence-electron chi connectivity index (χ3n) is 3.36. The molecule has 3 aromatic carbocycles. The van der Waals surface area contributed by atoms with Crippen molar-refractivity contribution in [2.45, 2.75) is 0 Å². The van der Waals surface area contributed by atoms with Crippen molar-refractivity contribution in [3.63, 3.8) is 0 Å². The van der Waals surface area contributed by atoms with E-state index in [4.69, 9.17) is 4.74 Å². The minimum absolute atomic E-state index is 0.0145. The number of hydrogen-bond donors (Lipinski definition) is 1. The molecule has 0 spiro atoms. The number of rotatable bonds is 4. The number of carbonyl (C=O) groups excluding carboxylic acids is 1. The number of benzene rings is 3. The van der Waals surface area contributed by atoms with Crippen molar-refractivity contribution in [1.82, 2.24) is 0 Å². The van der Waals surface area contributed by atoms with Gasteiger partial charge in [-0.15, -0.1) is 5.11 Å². The van der Waals surface area contributed by atoms with E-state index in [1.165, 1.54) is 0 Å². The Morgan fingerprint density at radius 3 is 2.50 bits per heavy atom. The summed E-state index contributed by atoms with van der Waals surface area (Å²) >= 11 is 0. The molecule has 0 radical (unpaired) electrons. The topological polar surface area (TPSA) is 71.2 Å². The van der Waals surface area contributed by atoms with Crippen LogP contribution in [0.3, 0.4) is 0 Å². The number of phenols is 1. The van der Waals surface area contributed by atoms with Gasteiger partial charge in [0, 0.05) is 11.5 Å². The maximum Gasteiger partial charge on any atom is 0.335 e. The van der Waals surface area contributed by atoms with E-state index in [-0.39, 0.29) is 17.2 Å². The lowest BCUT2D eigenvalue weighted by Gasteiger charge is -2.09. The van der Waals surface area contributed by atoms with Gasteiger partial charge >= 0.3 is 5.97 Å². The zero-order valence-electron chi connectivity index (χ0n) is 12.7. The van der Waals surface area contributed by atoms with Crippen LogP contribution in [-0.2, 0) is 4.79 Å². The molecule has 3 aromatic rings. The smallest absolute Gasteiger partial charge is 0.335 e. The maximum absolute atomic E-state index is 11.5. The Hall–Kier alpha value is -3.47. The molecule has 0 saturated carbocycles. The molecule has 0 heterocycles. The van der Waals surface area contributed by atoms with Crippen LogP contribution in [0.4, 0.5) is 11.4 Å². The number of ether oxygens (including phenoxy) is 1. The standard InChI is InChI=1S/C19H14N2O3/c1-2-17(22)24-16-12-13-8-6-7-11-15(13)18(19(16)23)21-20-14-9-4-3-5-10-14/h2-12,23H,1H2/b21-20+. The van der Waals surface area contributed by atoms with Gasteiger partial charge in [-0.2, -0.15) is 5.11 Å². The fraction of sp³-hybridized carbons (Fsp3) is 0. The molecule has 118 valence electrons. The largest absolute Gasteiger partial charge is 0.503 e. The van der Waals surface area contributed by atoms with Crippen LogP contribution in [0.25, 0.3) is 10.8 Å². The van der Waals surface area contributed by atoms with Gasteiger partial charge in [0.25, 0.3) is 0 Å². The van der Waals surface area contributed by atoms with E-state index in [1.54, 1.807) is 18.2 Å². The summed E-state index contributed by atoms with van der Waals surface area (Å²) in [7, 11) is 0. The van der Waals surface area contributed by atoms with E-state index in [0.29, 0.717) is 11.1 Å². The molecule has 5 heteroatoms. The molecular weight excluding hydrogens is 304 g/mol. The number of hydrogen-bond acceptors (Lipinski definition) is 5. The number of aromatic hydroxyl groups is 1. The lowest BCUT2D eigenvalue weighted by molar-refractivity contribution is -0.129. The highest BCUT2D eigenvalue weighted by molar-refractivity contribution is 5.98. The molecule has 0 aromatic heterocycles. The average Bonchev–Trinajstić information content (AvgIpc) is 2.62. The van der Waals surface area contributed by atoms with Gasteiger partial charge in [0.05, 0.1) is 5.69 Å². The zero-order valence-corrected chi connectivity index (χ0v) is 12.7. The van der Waals surface area contributed by atoms with Crippen molar-refractivity contribution in [3.05, 3.63) is 73.3 Å². The molecule has 0 bridgehead atoms. The number of carbonyl (C=O) groups is 1. The van der Waals surface area contributed by atoms with E-state index in [9.17, 15) is 9.90 Å². The summed E-state index contributed by atoms with van der Waals surface area (Å²) in [6.07, 6.45) is 1.03. The maximum atomic E-state index is 11.5. The van der Waals surface area contributed by atoms with Gasteiger partial charge in [0.2, 0.25) is 0 Å². The normalized spacial score (nSPS) is 10.8. The van der Waals surface area contributed by atoms with Gasteiger partial charge < -0.3 is 9.84 Å². The first-order valence-electron chi connectivity index (χ1n) is 7.25. The molecule has 3 rings (SSSR count). The van der Waals surface area contributed by atoms with Crippen LogP contribution in [0.1, 0.15) is 0 Å². The highest BCUT2D eigenvalue weighted by atomic mass is 16.5. The number of azo groups is 1. The first kappa shape index (κ1) is 15.4. The summed E-state index contributed by atoms with van der Waals surface area (Å²) in [5, 5.41) is 20.2. The Kier molecular flexibility index (Phi) is 4.34. The summed E-state index contributed by atoms with van der Waals surface area (Å²) in [5.74, 6) is -0.893. The number of fused-ring (bicyclic) bond motifs is 1. The van der Waals surface area contributed by atoms with Gasteiger partial charge in [-0.3, -0.25) is 0 Å². The van der Waals surface area contributed by atoms with Crippen LogP contribution in [0, 0.1) is 0 Å². The number of nitrogens with zero attached hydrogens (tertiary/aromatic N) is 2. The fourth-order valence-corrected chi connectivity index (χ4v) is 2.22. The van der Waals surface area contributed by atoms with Gasteiger partial charge in [0.1, 0.15) is 5.69 Å². The Morgan fingerprint density at radius 1 is 1.04 bits per heavy atom. The van der Waals surface area contributed by atoms with Gasteiger partial charge in [0.15, 0.2) is 11.5 Å². The first-order chi connectivity index (χ1) is 11.7. The second-order valence-corrected chi connectivity index (χ2v) is 4.95. The highest BCUT2D eigenvalue weighted by Gasteiger charge is 2.15. The van der Waals surface area contributed by atoms with Crippen LogP contribution in [0.2, 0.25) is 0 Å². The highest BCUT2D eigenvalue weighted by Crippen LogP contribution is 2.43. The summed E-state index contributed by atoms with van der Waals surface area (Å²) in [6.45, 7) is 3.35. The molecular formula is C19H14N2O3. The van der Waals surface area contributed by atoms with Crippen molar-refractivity contribution >= 4 is 28.1 Å². The third-order valence-corrected chi connectivity index (χ3v) is 3.36. The van der Waals surface area contributed by atoms with E-state index in [1.807, 2.05) is 42.5 Å². The minimum atomic E-state index is -0.661. The second kappa shape index (κ2) is 6.75. The van der Waals surface area contributed by atoms with E-state index in [2.05, 4.69) is 16.8 Å². The summed E-state index contributed by atoms with van der Waals surface area (Å²) < 4.78 is 5.09. The lowest BCUT2D eigenvalue weighted by atomic mass is 10.1. The minimum Gasteiger partial charge on any atom is -0.503 e. The Labute approximate surface area is 138 Å². The molecule has 1 N–H and O–H groups in total. The van der Waals surface area contributed by atoms with Crippen LogP contribution in [0.5, 0.6) is 11.5 Å². The van der Waals surface area contributed by atoms with E-state index >= 15 is 0 Å². The monoisotopic (exact) mass is 318 g/mol. The summed E-state index contributed by atoms with van der Waals surface area (Å²) in [4.78, 5) is 11.5. The predicted molar refractivity (Wildman–Crippen MR) is 92.1 cm³/mol. The summed E-state index contributed by atoms with van der Waals surface area (Å²) in [6, 6.07) is 18.1. The lowest BCUT2D eigenvalue weighted by Crippen LogP contribution is -2.03. The van der Waals surface area contributed by atoms with Crippen LogP contribution >= 0.6 is 0 Å². The molecule has 0 fully saturated rings. The molecule has 0 aliphatic carbocycles. The Morgan fingerprint density at radius 2 is 1.75 bits per heavy atom. The second-order valence-electron chi connectivity index (χ2n) is 4.95. The SMILES string of the molecule is C=CC(=O)Oc1cc2ccccc2c(/N=N/c2ccccc2)c1O. The predicted octanol–water partition coefficient (Wildman–Crippen LogP) is 5.05. The zero-order chi connectivity index (χ0) is 16.9. The fourth-order valence-electron chi connectivity index (χ4n) is 2.22. The van der Waals surface area contributed by atoms with Crippen LogP contribution < -0.4 is 4.74 Å². The van der Waals surface area contributed by atoms with E-state index < -0.39 is 5.97 Å². The number of phenolic OH excluding ortho intramolecular Hbond substituents is 1. The van der Waals surface area contributed by atoms with Gasteiger partial charge in [-0.25, -0.2) is 4.79 Å². The van der Waals surface area contributed by atoms with Crippen molar-refractivity contribution in [2.75, 3.05) is 0 Å². The molecule has 5 nitrogen and oxygen atoms in total. The molecule has 0 aliphatic rings. The van der Waals surface area contributed by atoms with Gasteiger partial charge in [-0.05, 0) is 23.6 Å². The Bertz CT molecular complexity index is 934. The van der Waals surface area contributed by atoms with Crippen molar-refractivity contribution in [2.24, 2.45) is 10.2 Å². The molecule has 0 atom stereocenters. The van der Waals surface area contributed by atoms with Crippen molar-refractivity contribution < 1.29 is 14.6 Å². The number of esters is 1. The molecule has 0 aliphatic heterocycles. The average molecular weight is 318 g/mol. The summed E-state index contributed by atoms with van der Waals surface area (Å²) in [5.41, 5.74) is 0.887. The van der Waals surface area contributed by atoms with Crippen LogP contribution in [-0.4, -0.2) is 11.1 Å². The third kappa shape index (κ3) is 3.15. The molecule has 0 unspecified atom stereocenters. The molecule has 0 amide bonds. The first-order valence-corrected chi connectivity index (χ1v) is 7.25. The Balaban J connectivity index is 2.13. The molecule has 0 saturated heterocycles. The van der Waals surface area contributed by atoms with Crippen LogP contribution in [0.15, 0.2) is 83.5 Å². The quantitative estimate of drug-likeness (QED) is 0.316.